The highest BCUT2D eigenvalue weighted by Gasteiger charge is 2.34. The first-order chi connectivity index (χ1) is 18.1. The highest BCUT2D eigenvalue weighted by atomic mass is 79.9. The number of carbonyl (C=O) groups excluding carboxylic acids is 1. The minimum atomic E-state index is -0.975. The minimum Gasteiger partial charge on any atom is -0.503 e. The smallest absolute Gasteiger partial charge is 0.338 e. The van der Waals surface area contributed by atoms with Crippen LogP contribution in [0.15, 0.2) is 55.9 Å². The van der Waals surface area contributed by atoms with Gasteiger partial charge < -0.3 is 14.6 Å². The Morgan fingerprint density at radius 3 is 2.66 bits per heavy atom. The number of esters is 1. The predicted molar refractivity (Wildman–Crippen MR) is 145 cm³/mol. The molecule has 1 aliphatic heterocycles. The summed E-state index contributed by atoms with van der Waals surface area (Å²) >= 11 is 4.42. The Hall–Kier alpha value is -3.77. The average Bonchev–Trinajstić information content (AvgIpc) is 3.16. The zero-order chi connectivity index (χ0) is 27.7. The molecule has 2 heterocycles. The summed E-state index contributed by atoms with van der Waals surface area (Å²) in [6.07, 6.45) is 1.63. The van der Waals surface area contributed by atoms with E-state index in [1.165, 1.54) is 10.6 Å². The second-order valence-corrected chi connectivity index (χ2v) is 10.3. The van der Waals surface area contributed by atoms with Gasteiger partial charge in [-0.3, -0.25) is 19.5 Å². The van der Waals surface area contributed by atoms with Gasteiger partial charge in [0.25, 0.3) is 11.2 Å². The van der Waals surface area contributed by atoms with E-state index >= 15 is 0 Å². The molecule has 38 heavy (non-hydrogen) atoms. The second kappa shape index (κ2) is 10.9. The topological polar surface area (TPSA) is 133 Å². The first kappa shape index (κ1) is 27.3. The SMILES string of the molecule is CCOC(=O)C1=C(C)N=c2s/c(=C/c3cc(Br)c(O)c(OCC)c3)c(=O)n2[C@@H]1c1ccc(C)c([N+](=O)[O-])c1. The van der Waals surface area contributed by atoms with Gasteiger partial charge in [0.2, 0.25) is 0 Å². The lowest BCUT2D eigenvalue weighted by Gasteiger charge is -2.24. The summed E-state index contributed by atoms with van der Waals surface area (Å²) in [5.74, 6) is -0.451. The summed E-state index contributed by atoms with van der Waals surface area (Å²) in [6, 6.07) is 6.90. The first-order valence-corrected chi connectivity index (χ1v) is 13.3. The molecule has 0 fully saturated rings. The van der Waals surface area contributed by atoms with Crippen molar-refractivity contribution < 1.29 is 24.3 Å². The number of halogens is 1. The number of nitrogens with zero attached hydrogens (tertiary/aromatic N) is 3. The van der Waals surface area contributed by atoms with Gasteiger partial charge in [-0.15, -0.1) is 0 Å². The number of aromatic hydroxyl groups is 1. The van der Waals surface area contributed by atoms with Crippen molar-refractivity contribution in [3.63, 3.8) is 0 Å². The van der Waals surface area contributed by atoms with E-state index in [2.05, 4.69) is 20.9 Å². The minimum absolute atomic E-state index is 0.0545. The maximum Gasteiger partial charge on any atom is 0.338 e. The maximum atomic E-state index is 13.8. The molecule has 4 rings (SSSR count). The molecule has 0 saturated carbocycles. The number of hydrogen-bond acceptors (Lipinski definition) is 9. The van der Waals surface area contributed by atoms with E-state index in [0.29, 0.717) is 42.8 Å². The van der Waals surface area contributed by atoms with Crippen LogP contribution in [-0.2, 0) is 9.53 Å². The van der Waals surface area contributed by atoms with Crippen LogP contribution in [0, 0.1) is 17.0 Å². The van der Waals surface area contributed by atoms with Gasteiger partial charge >= 0.3 is 5.97 Å². The summed E-state index contributed by atoms with van der Waals surface area (Å²) in [5, 5.41) is 21.9. The lowest BCUT2D eigenvalue weighted by atomic mass is 9.94. The number of nitro groups is 1. The molecule has 0 aliphatic carbocycles. The number of hydrogen-bond donors (Lipinski definition) is 1. The number of ether oxygens (including phenoxy) is 2. The number of benzene rings is 2. The fraction of sp³-hybridized carbons (Fsp3) is 0.269. The fourth-order valence-corrected chi connectivity index (χ4v) is 5.70. The number of rotatable bonds is 7. The Morgan fingerprint density at radius 1 is 1.26 bits per heavy atom. The molecule has 0 bridgehead atoms. The zero-order valence-electron chi connectivity index (χ0n) is 21.0. The number of aromatic nitrogens is 1. The zero-order valence-corrected chi connectivity index (χ0v) is 23.4. The first-order valence-electron chi connectivity index (χ1n) is 11.7. The highest BCUT2D eigenvalue weighted by Crippen LogP contribution is 2.36. The molecule has 0 amide bonds. The maximum absolute atomic E-state index is 13.8. The molecular weight excluding hydrogens is 578 g/mol. The predicted octanol–water partition coefficient (Wildman–Crippen LogP) is 3.88. The number of fused-ring (bicyclic) bond motifs is 1. The molecule has 1 aromatic heterocycles. The molecule has 12 heteroatoms. The highest BCUT2D eigenvalue weighted by molar-refractivity contribution is 9.10. The number of phenols is 1. The molecule has 10 nitrogen and oxygen atoms in total. The van der Waals surface area contributed by atoms with Crippen LogP contribution in [0.4, 0.5) is 5.69 Å². The molecule has 1 N–H and O–H groups in total. The third-order valence-corrected chi connectivity index (χ3v) is 7.50. The molecule has 198 valence electrons. The lowest BCUT2D eigenvalue weighted by Crippen LogP contribution is -2.40. The molecule has 1 atom stereocenters. The van der Waals surface area contributed by atoms with Gasteiger partial charge in [-0.2, -0.15) is 0 Å². The van der Waals surface area contributed by atoms with E-state index in [1.807, 2.05) is 0 Å². The van der Waals surface area contributed by atoms with Crippen molar-refractivity contribution in [3.8, 4) is 11.5 Å². The standard InChI is InChI=1S/C26H24BrN3O7S/c1-5-36-19-10-15(9-17(27)23(19)31)11-20-24(32)29-22(16-8-7-13(3)18(12-16)30(34)35)21(25(33)37-6-2)14(4)28-26(29)38-20/h7-12,22,31H,5-6H2,1-4H3/b20-11+/t22-/m1/s1. The van der Waals surface area contributed by atoms with Gasteiger partial charge in [0.15, 0.2) is 16.3 Å². The van der Waals surface area contributed by atoms with E-state index in [-0.39, 0.29) is 29.4 Å². The van der Waals surface area contributed by atoms with E-state index < -0.39 is 22.5 Å². The van der Waals surface area contributed by atoms with Crippen LogP contribution in [0.25, 0.3) is 6.08 Å². The Kier molecular flexibility index (Phi) is 7.83. The lowest BCUT2D eigenvalue weighted by molar-refractivity contribution is -0.385. The molecule has 0 spiro atoms. The van der Waals surface area contributed by atoms with Crippen molar-refractivity contribution in [2.45, 2.75) is 33.7 Å². The molecule has 1 aliphatic rings. The van der Waals surface area contributed by atoms with Crippen LogP contribution in [0.5, 0.6) is 11.5 Å². The molecular formula is C26H24BrN3O7S. The summed E-state index contributed by atoms with van der Waals surface area (Å²) < 4.78 is 12.8. The van der Waals surface area contributed by atoms with E-state index in [4.69, 9.17) is 9.47 Å². The summed E-state index contributed by atoms with van der Waals surface area (Å²) in [7, 11) is 0. The third kappa shape index (κ3) is 5.01. The van der Waals surface area contributed by atoms with E-state index in [1.54, 1.807) is 58.0 Å². The summed E-state index contributed by atoms with van der Waals surface area (Å²) in [4.78, 5) is 42.8. The number of phenolic OH excluding ortho intramolecular Hbond substituents is 1. The molecule has 0 saturated heterocycles. The van der Waals surface area contributed by atoms with Crippen LogP contribution >= 0.6 is 27.3 Å². The Morgan fingerprint density at radius 2 is 2.00 bits per heavy atom. The number of allylic oxidation sites excluding steroid dienone is 1. The van der Waals surface area contributed by atoms with Gasteiger partial charge in [0.05, 0.1) is 44.5 Å². The molecule has 0 radical (unpaired) electrons. The quantitative estimate of drug-likeness (QED) is 0.247. The van der Waals surface area contributed by atoms with Crippen molar-refractivity contribution in [1.29, 1.82) is 0 Å². The van der Waals surface area contributed by atoms with Gasteiger partial charge in [-0.25, -0.2) is 9.79 Å². The van der Waals surface area contributed by atoms with Crippen molar-refractivity contribution in [3.05, 3.63) is 92.6 Å². The largest absolute Gasteiger partial charge is 0.503 e. The van der Waals surface area contributed by atoms with Gasteiger partial charge in [0.1, 0.15) is 0 Å². The van der Waals surface area contributed by atoms with Crippen LogP contribution in [-0.4, -0.2) is 33.8 Å². The number of thiazole rings is 1. The van der Waals surface area contributed by atoms with Crippen LogP contribution in [0.1, 0.15) is 43.5 Å². The molecule has 3 aromatic rings. The molecule has 0 unspecified atom stereocenters. The van der Waals surface area contributed by atoms with Crippen molar-refractivity contribution in [2.75, 3.05) is 13.2 Å². The van der Waals surface area contributed by atoms with E-state index in [9.17, 15) is 24.8 Å². The Labute approximate surface area is 229 Å². The third-order valence-electron chi connectivity index (χ3n) is 5.91. The normalized spacial score (nSPS) is 15.2. The van der Waals surface area contributed by atoms with Crippen LogP contribution in [0.3, 0.4) is 0 Å². The van der Waals surface area contributed by atoms with Crippen molar-refractivity contribution in [2.24, 2.45) is 4.99 Å². The van der Waals surface area contributed by atoms with Crippen LogP contribution < -0.4 is 19.6 Å². The second-order valence-electron chi connectivity index (χ2n) is 8.39. The van der Waals surface area contributed by atoms with Gasteiger partial charge in [-0.05, 0) is 73.0 Å². The Balaban J connectivity index is 1.98. The number of nitro benzene ring substituents is 1. The average molecular weight is 602 g/mol. The van der Waals surface area contributed by atoms with E-state index in [0.717, 1.165) is 11.3 Å². The van der Waals surface area contributed by atoms with Crippen molar-refractivity contribution in [1.82, 2.24) is 4.57 Å². The van der Waals surface area contributed by atoms with Gasteiger partial charge in [0, 0.05) is 11.6 Å². The Bertz CT molecular complexity index is 1670. The monoisotopic (exact) mass is 601 g/mol. The van der Waals surface area contributed by atoms with Gasteiger partial charge in [-0.1, -0.05) is 23.5 Å². The van der Waals surface area contributed by atoms with Crippen molar-refractivity contribution >= 4 is 45.0 Å². The van der Waals surface area contributed by atoms with Crippen LogP contribution in [0.2, 0.25) is 0 Å². The number of carbonyl (C=O) groups is 1. The fourth-order valence-electron chi connectivity index (χ4n) is 4.19. The summed E-state index contributed by atoms with van der Waals surface area (Å²) in [5.41, 5.74) is 1.36. The summed E-state index contributed by atoms with van der Waals surface area (Å²) in [6.45, 7) is 7.17. The number of aryl methyl sites for hydroxylation is 1. The molecule has 2 aromatic carbocycles.